The molecule has 0 saturated carbocycles. The summed E-state index contributed by atoms with van der Waals surface area (Å²) in [5.74, 6) is 1.36. The molecule has 0 aliphatic carbocycles. The number of nitrogen functional groups attached to an aromatic ring is 1. The number of methoxy groups -OCH3 is 2. The zero-order chi connectivity index (χ0) is 15.4. The lowest BCUT2D eigenvalue weighted by atomic mass is 10.1. The molecule has 5 nitrogen and oxygen atoms in total. The van der Waals surface area contributed by atoms with Crippen LogP contribution in [0.15, 0.2) is 35.1 Å². The van der Waals surface area contributed by atoms with Gasteiger partial charge in [-0.25, -0.2) is 0 Å². The highest BCUT2D eigenvalue weighted by Crippen LogP contribution is 2.33. The Balaban J connectivity index is 2.66. The number of hydrogen-bond acceptors (Lipinski definition) is 4. The number of nitrogens with zero attached hydrogens (tertiary/aromatic N) is 1. The highest BCUT2D eigenvalue weighted by molar-refractivity contribution is 5.70. The molecule has 0 aliphatic heterocycles. The maximum absolute atomic E-state index is 12.2. The molecule has 0 saturated heterocycles. The summed E-state index contributed by atoms with van der Waals surface area (Å²) in [5.41, 5.74) is 7.43. The first-order valence-electron chi connectivity index (χ1n) is 6.84. The highest BCUT2D eigenvalue weighted by atomic mass is 16.5. The van der Waals surface area contributed by atoms with Gasteiger partial charge in [-0.1, -0.05) is 6.92 Å². The summed E-state index contributed by atoms with van der Waals surface area (Å²) >= 11 is 0. The Bertz CT molecular complexity index is 692. The third kappa shape index (κ3) is 2.86. The number of aromatic nitrogens is 1. The monoisotopic (exact) mass is 288 g/mol. The second-order valence-electron chi connectivity index (χ2n) is 4.70. The van der Waals surface area contributed by atoms with Crippen LogP contribution < -0.4 is 20.8 Å². The molecule has 112 valence electrons. The van der Waals surface area contributed by atoms with Gasteiger partial charge in [0.05, 0.1) is 25.6 Å². The average Bonchev–Trinajstić information content (AvgIpc) is 2.51. The molecule has 0 bridgehead atoms. The fraction of sp³-hybridized carbons (Fsp3) is 0.312. The molecular weight excluding hydrogens is 268 g/mol. The van der Waals surface area contributed by atoms with Gasteiger partial charge in [-0.2, -0.15) is 0 Å². The Morgan fingerprint density at radius 3 is 2.52 bits per heavy atom. The van der Waals surface area contributed by atoms with Crippen molar-refractivity contribution in [1.82, 2.24) is 4.57 Å². The molecule has 0 atom stereocenters. The van der Waals surface area contributed by atoms with Crippen LogP contribution in [0.3, 0.4) is 0 Å². The van der Waals surface area contributed by atoms with Crippen LogP contribution in [0.4, 0.5) is 5.69 Å². The van der Waals surface area contributed by atoms with Gasteiger partial charge in [0.25, 0.3) is 5.56 Å². The number of ether oxygens (including phenoxy) is 2. The molecule has 21 heavy (non-hydrogen) atoms. The maximum atomic E-state index is 12.2. The third-order valence-electron chi connectivity index (χ3n) is 3.34. The highest BCUT2D eigenvalue weighted by Gasteiger charge is 2.13. The summed E-state index contributed by atoms with van der Waals surface area (Å²) in [4.78, 5) is 12.2. The number of hydrogen-bond donors (Lipinski definition) is 1. The van der Waals surface area contributed by atoms with Crippen molar-refractivity contribution < 1.29 is 9.47 Å². The number of nitrogens with two attached hydrogens (primary N) is 1. The van der Waals surface area contributed by atoms with E-state index in [1.54, 1.807) is 30.9 Å². The SMILES string of the molecule is CCCn1c(-c2ccc(OC)cc2OC)ccc(N)c1=O. The van der Waals surface area contributed by atoms with Crippen molar-refractivity contribution in [3.8, 4) is 22.8 Å². The second-order valence-corrected chi connectivity index (χ2v) is 4.70. The first kappa shape index (κ1) is 15.0. The standard InChI is InChI=1S/C16H20N2O3/c1-4-9-18-14(8-7-13(17)16(18)19)12-6-5-11(20-2)10-15(12)21-3/h5-8,10H,4,9,17H2,1-3H3. The lowest BCUT2D eigenvalue weighted by Crippen LogP contribution is -2.24. The predicted molar refractivity (Wildman–Crippen MR) is 83.9 cm³/mol. The lowest BCUT2D eigenvalue weighted by Gasteiger charge is -2.16. The van der Waals surface area contributed by atoms with Crippen molar-refractivity contribution in [3.05, 3.63) is 40.7 Å². The van der Waals surface area contributed by atoms with Crippen LogP contribution in [0.5, 0.6) is 11.5 Å². The topological polar surface area (TPSA) is 66.5 Å². The van der Waals surface area contributed by atoms with Crippen LogP contribution in [-0.4, -0.2) is 18.8 Å². The van der Waals surface area contributed by atoms with Gasteiger partial charge < -0.3 is 19.8 Å². The van der Waals surface area contributed by atoms with Crippen LogP contribution in [0.2, 0.25) is 0 Å². The van der Waals surface area contributed by atoms with E-state index in [9.17, 15) is 4.79 Å². The Morgan fingerprint density at radius 2 is 1.90 bits per heavy atom. The van der Waals surface area contributed by atoms with Crippen LogP contribution in [-0.2, 0) is 6.54 Å². The van der Waals surface area contributed by atoms with E-state index in [0.29, 0.717) is 18.0 Å². The predicted octanol–water partition coefficient (Wildman–Crippen LogP) is 2.52. The van der Waals surface area contributed by atoms with Gasteiger partial charge in [0, 0.05) is 18.2 Å². The summed E-state index contributed by atoms with van der Waals surface area (Å²) in [6.07, 6.45) is 0.842. The van der Waals surface area contributed by atoms with Gasteiger partial charge in [0.2, 0.25) is 0 Å². The van der Waals surface area contributed by atoms with Gasteiger partial charge in [-0.05, 0) is 30.7 Å². The largest absolute Gasteiger partial charge is 0.497 e. The third-order valence-corrected chi connectivity index (χ3v) is 3.34. The minimum atomic E-state index is -0.174. The van der Waals surface area contributed by atoms with Gasteiger partial charge in [0.15, 0.2) is 0 Å². The molecule has 1 aromatic carbocycles. The Labute approximate surface area is 123 Å². The van der Waals surface area contributed by atoms with Crippen molar-refractivity contribution in [2.45, 2.75) is 19.9 Å². The van der Waals surface area contributed by atoms with Gasteiger partial charge in [-0.3, -0.25) is 4.79 Å². The first-order valence-corrected chi connectivity index (χ1v) is 6.84. The Morgan fingerprint density at radius 1 is 1.14 bits per heavy atom. The zero-order valence-corrected chi connectivity index (χ0v) is 12.6. The van der Waals surface area contributed by atoms with Crippen LogP contribution in [0, 0.1) is 0 Å². The summed E-state index contributed by atoms with van der Waals surface area (Å²) in [6, 6.07) is 9.00. The number of pyridine rings is 1. The summed E-state index contributed by atoms with van der Waals surface area (Å²) in [5, 5.41) is 0. The van der Waals surface area contributed by atoms with Gasteiger partial charge >= 0.3 is 0 Å². The van der Waals surface area contributed by atoms with Crippen LogP contribution in [0.1, 0.15) is 13.3 Å². The fourth-order valence-electron chi connectivity index (χ4n) is 2.29. The van der Waals surface area contributed by atoms with Crippen molar-refractivity contribution in [1.29, 1.82) is 0 Å². The van der Waals surface area contributed by atoms with Crippen LogP contribution >= 0.6 is 0 Å². The van der Waals surface area contributed by atoms with Gasteiger partial charge in [-0.15, -0.1) is 0 Å². The minimum Gasteiger partial charge on any atom is -0.497 e. The van der Waals surface area contributed by atoms with E-state index < -0.39 is 0 Å². The van der Waals surface area contributed by atoms with Crippen molar-refractivity contribution in [3.63, 3.8) is 0 Å². The summed E-state index contributed by atoms with van der Waals surface area (Å²) < 4.78 is 12.3. The smallest absolute Gasteiger partial charge is 0.274 e. The van der Waals surface area contributed by atoms with Crippen molar-refractivity contribution in [2.24, 2.45) is 0 Å². The molecule has 1 aromatic heterocycles. The molecule has 2 rings (SSSR count). The minimum absolute atomic E-state index is 0.174. The van der Waals surface area contributed by atoms with Crippen LogP contribution in [0.25, 0.3) is 11.3 Å². The number of benzene rings is 1. The van der Waals surface area contributed by atoms with E-state index in [4.69, 9.17) is 15.2 Å². The molecule has 0 unspecified atom stereocenters. The number of anilines is 1. The molecule has 2 N–H and O–H groups in total. The van der Waals surface area contributed by atoms with E-state index >= 15 is 0 Å². The molecule has 0 fully saturated rings. The second kappa shape index (κ2) is 6.35. The van der Waals surface area contributed by atoms with E-state index in [-0.39, 0.29) is 11.2 Å². The Hall–Kier alpha value is -2.43. The maximum Gasteiger partial charge on any atom is 0.274 e. The summed E-state index contributed by atoms with van der Waals surface area (Å²) in [6.45, 7) is 2.62. The normalized spacial score (nSPS) is 10.4. The molecule has 0 radical (unpaired) electrons. The van der Waals surface area contributed by atoms with E-state index in [1.807, 2.05) is 25.1 Å². The average molecular weight is 288 g/mol. The van der Waals surface area contributed by atoms with E-state index in [1.165, 1.54) is 0 Å². The molecule has 0 spiro atoms. The van der Waals surface area contributed by atoms with E-state index in [0.717, 1.165) is 17.7 Å². The molecule has 5 heteroatoms. The first-order chi connectivity index (χ1) is 10.1. The fourth-order valence-corrected chi connectivity index (χ4v) is 2.29. The van der Waals surface area contributed by atoms with Crippen molar-refractivity contribution >= 4 is 5.69 Å². The summed E-state index contributed by atoms with van der Waals surface area (Å²) in [7, 11) is 3.20. The molecule has 2 aromatic rings. The number of rotatable bonds is 5. The Kier molecular flexibility index (Phi) is 4.52. The quantitative estimate of drug-likeness (QED) is 0.918. The molecule has 1 heterocycles. The zero-order valence-electron chi connectivity index (χ0n) is 12.6. The molecule has 0 aliphatic rings. The van der Waals surface area contributed by atoms with Gasteiger partial charge in [0.1, 0.15) is 11.5 Å². The van der Waals surface area contributed by atoms with Crippen molar-refractivity contribution in [2.75, 3.05) is 20.0 Å². The molecule has 0 amide bonds. The van der Waals surface area contributed by atoms with E-state index in [2.05, 4.69) is 0 Å². The molecular formula is C16H20N2O3. The lowest BCUT2D eigenvalue weighted by molar-refractivity contribution is 0.395.